The van der Waals surface area contributed by atoms with Crippen molar-refractivity contribution in [2.24, 2.45) is 38.7 Å². The van der Waals surface area contributed by atoms with E-state index in [0.717, 1.165) is 16.5 Å². The lowest BCUT2D eigenvalue weighted by Gasteiger charge is -2.25. The summed E-state index contributed by atoms with van der Waals surface area (Å²) in [6.07, 6.45) is 4.87. The van der Waals surface area contributed by atoms with Crippen LogP contribution in [0, 0.1) is 0 Å². The van der Waals surface area contributed by atoms with Gasteiger partial charge in [-0.3, -0.25) is 24.4 Å². The molecule has 17 heteroatoms. The van der Waals surface area contributed by atoms with E-state index >= 15 is 0 Å². The maximum atomic E-state index is 13.6. The van der Waals surface area contributed by atoms with Crippen LogP contribution in [0.15, 0.2) is 40.4 Å². The lowest BCUT2D eigenvalue weighted by atomic mass is 10.0. The number of aromatic nitrogens is 1. The number of aromatic amines is 1. The summed E-state index contributed by atoms with van der Waals surface area (Å²) in [5.74, 6) is -2.72. The number of hydrogen-bond acceptors (Lipinski definition) is 8. The predicted molar refractivity (Wildman–Crippen MR) is 176 cm³/mol. The number of aliphatic imine (C=N–C) groups is 2. The van der Waals surface area contributed by atoms with Gasteiger partial charge in [0.15, 0.2) is 11.9 Å². The second kappa shape index (κ2) is 19.0. The predicted octanol–water partition coefficient (Wildman–Crippen LogP) is -1.56. The van der Waals surface area contributed by atoms with Crippen molar-refractivity contribution >= 4 is 58.3 Å². The van der Waals surface area contributed by atoms with Crippen molar-refractivity contribution in [3.8, 4) is 0 Å². The number of carbonyl (C=O) groups excluding carboxylic acids is 3. The number of aliphatic carboxylic acids is 1. The first-order valence-electron chi connectivity index (χ1n) is 14.5. The van der Waals surface area contributed by atoms with Gasteiger partial charge in [-0.2, -0.15) is 11.8 Å². The third-order valence-corrected chi connectivity index (χ3v) is 7.48. The molecule has 16 nitrogen and oxygen atoms in total. The van der Waals surface area contributed by atoms with E-state index < -0.39 is 47.9 Å². The molecule has 1 aromatic carbocycles. The summed E-state index contributed by atoms with van der Waals surface area (Å²) in [6, 6.07) is 3.06. The molecular weight excluding hydrogens is 602 g/mol. The molecule has 2 aromatic rings. The molecular formula is C28H45N11O5S. The van der Waals surface area contributed by atoms with Crippen LogP contribution >= 0.6 is 11.8 Å². The van der Waals surface area contributed by atoms with Crippen LogP contribution in [-0.2, 0) is 25.6 Å². The number of nitrogens with zero attached hydrogens (tertiary/aromatic N) is 2. The van der Waals surface area contributed by atoms with Crippen molar-refractivity contribution in [3.05, 3.63) is 36.0 Å². The van der Waals surface area contributed by atoms with E-state index in [0.29, 0.717) is 18.6 Å². The molecule has 0 fully saturated rings. The van der Waals surface area contributed by atoms with Gasteiger partial charge in [-0.15, -0.1) is 0 Å². The van der Waals surface area contributed by atoms with Gasteiger partial charge >= 0.3 is 5.97 Å². The quantitative estimate of drug-likeness (QED) is 0.0445. The summed E-state index contributed by atoms with van der Waals surface area (Å²) in [5, 5.41) is 18.5. The van der Waals surface area contributed by atoms with E-state index in [1.807, 2.05) is 30.5 Å². The second-order valence-electron chi connectivity index (χ2n) is 10.4. The summed E-state index contributed by atoms with van der Waals surface area (Å²) in [5.41, 5.74) is 29.0. The summed E-state index contributed by atoms with van der Waals surface area (Å²) in [7, 11) is 0. The number of guanidine groups is 2. The number of benzene rings is 1. The summed E-state index contributed by atoms with van der Waals surface area (Å²) >= 11 is 1.54. The molecule has 0 aliphatic rings. The number of rotatable bonds is 20. The molecule has 45 heavy (non-hydrogen) atoms. The summed E-state index contributed by atoms with van der Waals surface area (Å²) in [6.45, 7) is 0.387. The van der Waals surface area contributed by atoms with Crippen LogP contribution in [0.1, 0.15) is 37.7 Å². The summed E-state index contributed by atoms with van der Waals surface area (Å²) in [4.78, 5) is 63.0. The van der Waals surface area contributed by atoms with Gasteiger partial charge in [0.1, 0.15) is 18.1 Å². The zero-order valence-corrected chi connectivity index (χ0v) is 26.1. The monoisotopic (exact) mass is 647 g/mol. The normalized spacial score (nSPS) is 13.6. The number of carbonyl (C=O) groups is 4. The number of amides is 3. The highest BCUT2D eigenvalue weighted by atomic mass is 32.2. The zero-order valence-electron chi connectivity index (χ0n) is 25.3. The van der Waals surface area contributed by atoms with E-state index in [9.17, 15) is 24.3 Å². The minimum Gasteiger partial charge on any atom is -0.480 e. The maximum absolute atomic E-state index is 13.6. The number of H-pyrrole nitrogens is 1. The van der Waals surface area contributed by atoms with Gasteiger partial charge < -0.3 is 54.7 Å². The average molecular weight is 648 g/mol. The molecule has 1 aromatic heterocycles. The first kappa shape index (κ1) is 36.7. The van der Waals surface area contributed by atoms with Crippen molar-refractivity contribution < 1.29 is 24.3 Å². The Labute approximate surface area is 265 Å². The highest BCUT2D eigenvalue weighted by Gasteiger charge is 2.31. The minimum atomic E-state index is -1.27. The Balaban J connectivity index is 2.31. The molecule has 3 amide bonds. The molecule has 0 radical (unpaired) electrons. The molecule has 0 saturated carbocycles. The zero-order chi connectivity index (χ0) is 33.4. The van der Waals surface area contributed by atoms with Crippen LogP contribution in [0.3, 0.4) is 0 Å². The number of hydrogen-bond donors (Lipinski definition) is 10. The number of carboxylic acids is 1. The third kappa shape index (κ3) is 12.9. The smallest absolute Gasteiger partial charge is 0.326 e. The van der Waals surface area contributed by atoms with E-state index in [4.69, 9.17) is 28.7 Å². The van der Waals surface area contributed by atoms with E-state index in [-0.39, 0.29) is 50.7 Å². The molecule has 15 N–H and O–H groups in total. The first-order chi connectivity index (χ1) is 21.4. The van der Waals surface area contributed by atoms with Gasteiger partial charge in [-0.1, -0.05) is 18.2 Å². The third-order valence-electron chi connectivity index (χ3n) is 6.84. The molecule has 1 heterocycles. The number of carboxylic acid groups (broad SMARTS) is 1. The number of nitrogens with one attached hydrogen (secondary N) is 4. The molecule has 0 aliphatic carbocycles. The second-order valence-corrected chi connectivity index (χ2v) is 11.4. The van der Waals surface area contributed by atoms with Crippen LogP contribution in [0.25, 0.3) is 10.9 Å². The molecule has 4 atom stereocenters. The molecule has 4 unspecified atom stereocenters. The van der Waals surface area contributed by atoms with Crippen molar-refractivity contribution in [1.82, 2.24) is 20.9 Å². The van der Waals surface area contributed by atoms with Crippen LogP contribution < -0.4 is 44.6 Å². The van der Waals surface area contributed by atoms with Crippen molar-refractivity contribution in [2.75, 3.05) is 25.1 Å². The van der Waals surface area contributed by atoms with Gasteiger partial charge in [0.2, 0.25) is 17.7 Å². The number of para-hydroxylation sites is 1. The standard InChI is InChI=1S/C28H45N11O5S/c1-45-13-10-18(29)23(40)37-20(8-4-11-34-27(30)31)24(41)39-22(14-16-15-36-19-7-3-2-6-17(16)19)25(42)38-21(26(43)44)9-5-12-35-28(32)33/h2-3,6-7,15,18,20-22,36H,4-5,8-14,29H2,1H3,(H,37,40)(H,38,42)(H,39,41)(H,43,44)(H4,30,31,34)(H4,32,33,35). The molecule has 2 rings (SSSR count). The minimum absolute atomic E-state index is 0.0316. The Kier molecular flexibility index (Phi) is 15.5. The van der Waals surface area contributed by atoms with Crippen LogP contribution in [0.2, 0.25) is 0 Å². The molecule has 0 bridgehead atoms. The summed E-state index contributed by atoms with van der Waals surface area (Å²) < 4.78 is 0. The Morgan fingerprint density at radius 2 is 1.40 bits per heavy atom. The van der Waals surface area contributed by atoms with Gasteiger partial charge in [0.05, 0.1) is 6.04 Å². The van der Waals surface area contributed by atoms with Gasteiger partial charge in [-0.05, 0) is 55.7 Å². The van der Waals surface area contributed by atoms with Gasteiger partial charge in [0.25, 0.3) is 0 Å². The Bertz CT molecular complexity index is 1340. The van der Waals surface area contributed by atoms with Crippen molar-refractivity contribution in [2.45, 2.75) is 62.7 Å². The number of fused-ring (bicyclic) bond motifs is 1. The SMILES string of the molecule is CSCCC(N)C(=O)NC(CCCN=C(N)N)C(=O)NC(Cc1c[nH]c2ccccc12)C(=O)NC(CCCN=C(N)N)C(=O)O. The molecule has 248 valence electrons. The van der Waals surface area contributed by atoms with E-state index in [1.165, 1.54) is 11.8 Å². The van der Waals surface area contributed by atoms with Crippen molar-refractivity contribution in [3.63, 3.8) is 0 Å². The maximum Gasteiger partial charge on any atom is 0.326 e. The van der Waals surface area contributed by atoms with Crippen LogP contribution in [0.4, 0.5) is 0 Å². The average Bonchev–Trinajstić information content (AvgIpc) is 3.40. The van der Waals surface area contributed by atoms with Gasteiger partial charge in [-0.25, -0.2) is 4.79 Å². The molecule has 0 spiro atoms. The lowest BCUT2D eigenvalue weighted by molar-refractivity contribution is -0.142. The fourth-order valence-corrected chi connectivity index (χ4v) is 4.95. The fourth-order valence-electron chi connectivity index (χ4n) is 4.46. The Morgan fingerprint density at radius 3 is 2.00 bits per heavy atom. The fraction of sp³-hybridized carbons (Fsp3) is 0.500. The van der Waals surface area contributed by atoms with E-state index in [1.54, 1.807) is 6.20 Å². The molecule has 0 aliphatic heterocycles. The largest absolute Gasteiger partial charge is 0.480 e. The van der Waals surface area contributed by atoms with Crippen molar-refractivity contribution in [1.29, 1.82) is 0 Å². The Hall–Kier alpha value is -4.51. The van der Waals surface area contributed by atoms with Crippen LogP contribution in [-0.4, -0.2) is 95.0 Å². The molecule has 0 saturated heterocycles. The highest BCUT2D eigenvalue weighted by Crippen LogP contribution is 2.19. The topological polar surface area (TPSA) is 295 Å². The number of thioether (sulfide) groups is 1. The van der Waals surface area contributed by atoms with Gasteiger partial charge in [0, 0.05) is 36.6 Å². The number of nitrogens with two attached hydrogens (primary N) is 5. The lowest BCUT2D eigenvalue weighted by Crippen LogP contribution is -2.57. The Morgan fingerprint density at radius 1 is 0.844 bits per heavy atom. The highest BCUT2D eigenvalue weighted by molar-refractivity contribution is 7.98. The first-order valence-corrected chi connectivity index (χ1v) is 15.9. The van der Waals surface area contributed by atoms with Crippen LogP contribution in [0.5, 0.6) is 0 Å². The van der Waals surface area contributed by atoms with E-state index in [2.05, 4.69) is 30.9 Å².